The molecule has 94 valence electrons. The molecule has 1 N–H and O–H groups in total. The summed E-state index contributed by atoms with van der Waals surface area (Å²) in [4.78, 5) is 29.2. The van der Waals surface area contributed by atoms with E-state index in [1.807, 2.05) is 4.90 Å². The van der Waals surface area contributed by atoms with Crippen LogP contribution in [0.5, 0.6) is 0 Å². The maximum Gasteiger partial charge on any atom is 0.277 e. The highest BCUT2D eigenvalue weighted by Gasteiger charge is 2.15. The van der Waals surface area contributed by atoms with Gasteiger partial charge in [-0.1, -0.05) is 0 Å². The average molecular weight is 247 g/mol. The number of anilines is 1. The molecule has 2 aromatic rings. The summed E-state index contributed by atoms with van der Waals surface area (Å²) in [5.74, 6) is 1.12. The predicted octanol–water partition coefficient (Wildman–Crippen LogP) is -0.142. The van der Waals surface area contributed by atoms with Crippen molar-refractivity contribution < 1.29 is 4.74 Å². The van der Waals surface area contributed by atoms with Gasteiger partial charge in [-0.25, -0.2) is 15.0 Å². The zero-order valence-electron chi connectivity index (χ0n) is 10.0. The number of aromatic nitrogens is 4. The highest BCUT2D eigenvalue weighted by atomic mass is 16.5. The Kier molecular flexibility index (Phi) is 2.67. The lowest BCUT2D eigenvalue weighted by atomic mass is 10.4. The summed E-state index contributed by atoms with van der Waals surface area (Å²) >= 11 is 0. The van der Waals surface area contributed by atoms with E-state index >= 15 is 0 Å². The lowest BCUT2D eigenvalue weighted by molar-refractivity contribution is 0.122. The minimum Gasteiger partial charge on any atom is -0.378 e. The maximum absolute atomic E-state index is 11.8. The van der Waals surface area contributed by atoms with E-state index in [0.29, 0.717) is 36.0 Å². The second kappa shape index (κ2) is 4.34. The summed E-state index contributed by atoms with van der Waals surface area (Å²) < 4.78 is 5.27. The number of rotatable bonds is 1. The number of nitrogens with zero attached hydrogens (tertiary/aromatic N) is 4. The fourth-order valence-electron chi connectivity index (χ4n) is 1.96. The van der Waals surface area contributed by atoms with Crippen LogP contribution in [0.15, 0.2) is 11.0 Å². The Morgan fingerprint density at radius 1 is 1.33 bits per heavy atom. The summed E-state index contributed by atoms with van der Waals surface area (Å²) in [7, 11) is 0. The smallest absolute Gasteiger partial charge is 0.277 e. The molecule has 0 spiro atoms. The zero-order valence-corrected chi connectivity index (χ0v) is 10.0. The predicted molar refractivity (Wildman–Crippen MR) is 65.7 cm³/mol. The van der Waals surface area contributed by atoms with E-state index in [1.54, 1.807) is 13.1 Å². The third-order valence-corrected chi connectivity index (χ3v) is 2.85. The van der Waals surface area contributed by atoms with Crippen LogP contribution in [0.3, 0.4) is 0 Å². The lowest BCUT2D eigenvalue weighted by Crippen LogP contribution is -2.37. The first-order valence-electron chi connectivity index (χ1n) is 5.80. The molecule has 0 bridgehead atoms. The molecule has 3 heterocycles. The summed E-state index contributed by atoms with van der Waals surface area (Å²) in [5, 5.41) is 0. The molecule has 0 saturated carbocycles. The quantitative estimate of drug-likeness (QED) is 0.755. The summed E-state index contributed by atoms with van der Waals surface area (Å²) in [6.07, 6.45) is 1.59. The van der Waals surface area contributed by atoms with E-state index in [9.17, 15) is 4.79 Å². The van der Waals surface area contributed by atoms with Crippen LogP contribution >= 0.6 is 0 Å². The third-order valence-electron chi connectivity index (χ3n) is 2.85. The van der Waals surface area contributed by atoms with Gasteiger partial charge in [-0.05, 0) is 6.92 Å². The minimum absolute atomic E-state index is 0.227. The first-order chi connectivity index (χ1) is 8.74. The van der Waals surface area contributed by atoms with Gasteiger partial charge in [0.1, 0.15) is 11.3 Å². The van der Waals surface area contributed by atoms with Crippen LogP contribution < -0.4 is 10.5 Å². The Labute approximate surface area is 103 Å². The van der Waals surface area contributed by atoms with Gasteiger partial charge in [0.2, 0.25) is 5.95 Å². The number of ether oxygens (including phenoxy) is 1. The molecule has 0 amide bonds. The number of hydrogen-bond donors (Lipinski definition) is 1. The summed E-state index contributed by atoms with van der Waals surface area (Å²) in [6.45, 7) is 4.52. The molecule has 0 aliphatic carbocycles. The molecule has 0 atom stereocenters. The second-order valence-corrected chi connectivity index (χ2v) is 4.15. The Morgan fingerprint density at radius 3 is 2.89 bits per heavy atom. The van der Waals surface area contributed by atoms with Gasteiger partial charge in [-0.3, -0.25) is 4.79 Å². The second-order valence-electron chi connectivity index (χ2n) is 4.15. The van der Waals surface area contributed by atoms with Crippen molar-refractivity contribution >= 4 is 17.0 Å². The summed E-state index contributed by atoms with van der Waals surface area (Å²) in [5.41, 5.74) is 0.625. The number of hydrogen-bond acceptors (Lipinski definition) is 6. The molecule has 1 fully saturated rings. The minimum atomic E-state index is -0.227. The number of nitrogens with one attached hydrogen (secondary N) is 1. The number of morpholine rings is 1. The van der Waals surface area contributed by atoms with Gasteiger partial charge in [0.05, 0.1) is 19.4 Å². The molecule has 1 aliphatic heterocycles. The largest absolute Gasteiger partial charge is 0.378 e. The highest BCUT2D eigenvalue weighted by molar-refractivity contribution is 5.73. The van der Waals surface area contributed by atoms with Crippen LogP contribution in [0.2, 0.25) is 0 Å². The van der Waals surface area contributed by atoms with Gasteiger partial charge in [-0.15, -0.1) is 0 Å². The van der Waals surface area contributed by atoms with Gasteiger partial charge >= 0.3 is 0 Å². The maximum atomic E-state index is 11.8. The topological polar surface area (TPSA) is 84.0 Å². The van der Waals surface area contributed by atoms with E-state index in [0.717, 1.165) is 13.1 Å². The Hall–Kier alpha value is -2.02. The molecule has 7 heteroatoms. The zero-order chi connectivity index (χ0) is 12.5. The fraction of sp³-hybridized carbons (Fsp3) is 0.455. The first kappa shape index (κ1) is 11.1. The summed E-state index contributed by atoms with van der Waals surface area (Å²) in [6, 6.07) is 0. The standard InChI is InChI=1S/C11H13N5O2/c1-7-13-8-6-12-11(15-9(8)10(17)14-7)16-2-4-18-5-3-16/h6H,2-5H2,1H3,(H,13,14,17). The molecular formula is C11H13N5O2. The van der Waals surface area contributed by atoms with E-state index in [1.165, 1.54) is 0 Å². The van der Waals surface area contributed by atoms with Gasteiger partial charge in [0.15, 0.2) is 5.52 Å². The van der Waals surface area contributed by atoms with Crippen molar-refractivity contribution in [2.75, 3.05) is 31.2 Å². The van der Waals surface area contributed by atoms with Crippen molar-refractivity contribution in [3.05, 3.63) is 22.4 Å². The molecule has 18 heavy (non-hydrogen) atoms. The first-order valence-corrected chi connectivity index (χ1v) is 5.80. The molecule has 0 radical (unpaired) electrons. The molecule has 0 aromatic carbocycles. The molecule has 7 nitrogen and oxygen atoms in total. The number of fused-ring (bicyclic) bond motifs is 1. The Morgan fingerprint density at radius 2 is 2.11 bits per heavy atom. The van der Waals surface area contributed by atoms with Crippen LogP contribution in [0.4, 0.5) is 5.95 Å². The molecular weight excluding hydrogens is 234 g/mol. The highest BCUT2D eigenvalue weighted by Crippen LogP contribution is 2.12. The van der Waals surface area contributed by atoms with Gasteiger partial charge in [0.25, 0.3) is 5.56 Å². The molecule has 1 aliphatic rings. The van der Waals surface area contributed by atoms with Crippen molar-refractivity contribution in [1.29, 1.82) is 0 Å². The van der Waals surface area contributed by atoms with E-state index in [-0.39, 0.29) is 5.56 Å². The monoisotopic (exact) mass is 247 g/mol. The van der Waals surface area contributed by atoms with Crippen LogP contribution in [0, 0.1) is 6.92 Å². The van der Waals surface area contributed by atoms with E-state index in [4.69, 9.17) is 4.74 Å². The molecule has 3 rings (SSSR count). The van der Waals surface area contributed by atoms with Crippen LogP contribution in [-0.4, -0.2) is 46.2 Å². The van der Waals surface area contributed by atoms with Crippen LogP contribution in [-0.2, 0) is 4.74 Å². The Balaban J connectivity index is 2.07. The average Bonchev–Trinajstić information content (AvgIpc) is 2.39. The van der Waals surface area contributed by atoms with Crippen LogP contribution in [0.1, 0.15) is 5.82 Å². The van der Waals surface area contributed by atoms with Crippen LogP contribution in [0.25, 0.3) is 11.0 Å². The van der Waals surface area contributed by atoms with Crippen molar-refractivity contribution in [3.63, 3.8) is 0 Å². The normalized spacial score (nSPS) is 16.2. The number of aryl methyl sites for hydroxylation is 1. The number of aromatic amines is 1. The van der Waals surface area contributed by atoms with Crippen molar-refractivity contribution in [1.82, 2.24) is 19.9 Å². The number of H-pyrrole nitrogens is 1. The van der Waals surface area contributed by atoms with Gasteiger partial charge < -0.3 is 14.6 Å². The SMILES string of the molecule is Cc1nc2cnc(N3CCOCC3)nc2c(=O)[nH]1. The fourth-order valence-corrected chi connectivity index (χ4v) is 1.96. The van der Waals surface area contributed by atoms with Crippen molar-refractivity contribution in [2.45, 2.75) is 6.92 Å². The Bertz CT molecular complexity index is 633. The van der Waals surface area contributed by atoms with Gasteiger partial charge in [0, 0.05) is 13.1 Å². The molecule has 0 unspecified atom stereocenters. The molecule has 2 aromatic heterocycles. The lowest BCUT2D eigenvalue weighted by Gasteiger charge is -2.26. The van der Waals surface area contributed by atoms with E-state index in [2.05, 4.69) is 19.9 Å². The molecule has 1 saturated heterocycles. The van der Waals surface area contributed by atoms with Crippen molar-refractivity contribution in [3.8, 4) is 0 Å². The van der Waals surface area contributed by atoms with E-state index < -0.39 is 0 Å². The van der Waals surface area contributed by atoms with Gasteiger partial charge in [-0.2, -0.15) is 0 Å². The third kappa shape index (κ3) is 1.92. The van der Waals surface area contributed by atoms with Crippen molar-refractivity contribution in [2.24, 2.45) is 0 Å².